The number of benzene rings is 2. The zero-order valence-electron chi connectivity index (χ0n) is 15.0. The number of nitrogens with one attached hydrogen (secondary N) is 1. The number of ether oxygens (including phenoxy) is 2. The standard InChI is InChI=1S/C20H22N2O4/c1-14-4-3-5-17(12-14)22(15(2)23)9-8-20(24)21-16-6-7-18-19(13-16)26-11-10-25-18/h3-7,12-13H,8-11H2,1-2H3,(H,21,24). The van der Waals surface area contributed by atoms with Gasteiger partial charge in [-0.3, -0.25) is 9.59 Å². The minimum absolute atomic E-state index is 0.0947. The van der Waals surface area contributed by atoms with Gasteiger partial charge < -0.3 is 19.7 Å². The first-order valence-electron chi connectivity index (χ1n) is 8.57. The van der Waals surface area contributed by atoms with Crippen molar-refractivity contribution in [3.05, 3.63) is 48.0 Å². The number of fused-ring (bicyclic) bond motifs is 1. The van der Waals surface area contributed by atoms with E-state index in [-0.39, 0.29) is 18.2 Å². The van der Waals surface area contributed by atoms with E-state index in [0.717, 1.165) is 11.3 Å². The van der Waals surface area contributed by atoms with Crippen LogP contribution in [-0.2, 0) is 9.59 Å². The van der Waals surface area contributed by atoms with Crippen LogP contribution in [0.5, 0.6) is 11.5 Å². The molecule has 1 heterocycles. The minimum atomic E-state index is -0.166. The summed E-state index contributed by atoms with van der Waals surface area (Å²) in [6.45, 7) is 4.81. The summed E-state index contributed by atoms with van der Waals surface area (Å²) < 4.78 is 11.0. The molecule has 6 heteroatoms. The summed E-state index contributed by atoms with van der Waals surface area (Å²) in [5.74, 6) is 1.04. The van der Waals surface area contributed by atoms with E-state index in [2.05, 4.69) is 5.32 Å². The zero-order valence-corrected chi connectivity index (χ0v) is 15.0. The molecule has 0 radical (unpaired) electrons. The van der Waals surface area contributed by atoms with Gasteiger partial charge in [-0.05, 0) is 36.8 Å². The van der Waals surface area contributed by atoms with Crippen LogP contribution >= 0.6 is 0 Å². The Morgan fingerprint density at radius 1 is 1.08 bits per heavy atom. The smallest absolute Gasteiger partial charge is 0.226 e. The molecule has 1 N–H and O–H groups in total. The van der Waals surface area contributed by atoms with E-state index in [0.29, 0.717) is 36.9 Å². The Balaban J connectivity index is 1.61. The second-order valence-electron chi connectivity index (χ2n) is 6.17. The molecule has 0 aliphatic carbocycles. The van der Waals surface area contributed by atoms with Crippen molar-refractivity contribution in [2.75, 3.05) is 30.0 Å². The van der Waals surface area contributed by atoms with Gasteiger partial charge in [-0.15, -0.1) is 0 Å². The van der Waals surface area contributed by atoms with Crippen LogP contribution in [0.25, 0.3) is 0 Å². The average molecular weight is 354 g/mol. The van der Waals surface area contributed by atoms with Gasteiger partial charge in [0.1, 0.15) is 13.2 Å². The third-order valence-electron chi connectivity index (χ3n) is 4.08. The van der Waals surface area contributed by atoms with Gasteiger partial charge in [-0.1, -0.05) is 12.1 Å². The minimum Gasteiger partial charge on any atom is -0.486 e. The number of amides is 2. The molecule has 2 aromatic rings. The number of nitrogens with zero attached hydrogens (tertiary/aromatic N) is 1. The van der Waals surface area contributed by atoms with Crippen molar-refractivity contribution >= 4 is 23.2 Å². The van der Waals surface area contributed by atoms with Crippen LogP contribution in [0.15, 0.2) is 42.5 Å². The Morgan fingerprint density at radius 2 is 1.85 bits per heavy atom. The lowest BCUT2D eigenvalue weighted by Gasteiger charge is -2.22. The van der Waals surface area contributed by atoms with Crippen LogP contribution in [-0.4, -0.2) is 31.6 Å². The van der Waals surface area contributed by atoms with Gasteiger partial charge in [-0.2, -0.15) is 0 Å². The number of hydrogen-bond donors (Lipinski definition) is 1. The van der Waals surface area contributed by atoms with Crippen molar-refractivity contribution in [3.63, 3.8) is 0 Å². The third kappa shape index (κ3) is 4.33. The maximum absolute atomic E-state index is 12.3. The molecule has 0 saturated heterocycles. The molecule has 26 heavy (non-hydrogen) atoms. The number of aryl methyl sites for hydroxylation is 1. The second kappa shape index (κ2) is 7.91. The summed E-state index contributed by atoms with van der Waals surface area (Å²) in [7, 11) is 0. The topological polar surface area (TPSA) is 67.9 Å². The first-order valence-corrected chi connectivity index (χ1v) is 8.57. The average Bonchev–Trinajstić information content (AvgIpc) is 2.61. The highest BCUT2D eigenvalue weighted by molar-refractivity contribution is 5.95. The Morgan fingerprint density at radius 3 is 2.58 bits per heavy atom. The summed E-state index contributed by atoms with van der Waals surface area (Å²) >= 11 is 0. The van der Waals surface area contributed by atoms with Crippen LogP contribution in [0.2, 0.25) is 0 Å². The lowest BCUT2D eigenvalue weighted by molar-refractivity contribution is -0.117. The molecule has 2 aromatic carbocycles. The van der Waals surface area contributed by atoms with Gasteiger partial charge in [-0.25, -0.2) is 0 Å². The van der Waals surface area contributed by atoms with E-state index < -0.39 is 0 Å². The molecule has 0 unspecified atom stereocenters. The molecule has 136 valence electrons. The number of carbonyl (C=O) groups is 2. The Hall–Kier alpha value is -3.02. The Bertz CT molecular complexity index is 819. The van der Waals surface area contributed by atoms with Crippen molar-refractivity contribution in [2.24, 2.45) is 0 Å². The predicted molar refractivity (Wildman–Crippen MR) is 99.9 cm³/mol. The highest BCUT2D eigenvalue weighted by Gasteiger charge is 2.15. The van der Waals surface area contributed by atoms with Crippen LogP contribution in [0.3, 0.4) is 0 Å². The van der Waals surface area contributed by atoms with E-state index >= 15 is 0 Å². The summed E-state index contributed by atoms with van der Waals surface area (Å²) in [6.07, 6.45) is 0.196. The SMILES string of the molecule is CC(=O)N(CCC(=O)Nc1ccc2c(c1)OCCO2)c1cccc(C)c1. The largest absolute Gasteiger partial charge is 0.486 e. The molecule has 0 bridgehead atoms. The molecule has 0 saturated carbocycles. The van der Waals surface area contributed by atoms with Gasteiger partial charge in [0, 0.05) is 37.3 Å². The van der Waals surface area contributed by atoms with Crippen molar-refractivity contribution in [1.82, 2.24) is 0 Å². The molecule has 1 aliphatic rings. The van der Waals surface area contributed by atoms with E-state index in [1.165, 1.54) is 6.92 Å². The van der Waals surface area contributed by atoms with Crippen LogP contribution in [0.1, 0.15) is 18.9 Å². The monoisotopic (exact) mass is 354 g/mol. The highest BCUT2D eigenvalue weighted by atomic mass is 16.6. The van der Waals surface area contributed by atoms with Gasteiger partial charge in [0.05, 0.1) is 0 Å². The molecule has 0 aromatic heterocycles. The second-order valence-corrected chi connectivity index (χ2v) is 6.17. The first kappa shape index (κ1) is 17.8. The summed E-state index contributed by atoms with van der Waals surface area (Å²) in [4.78, 5) is 25.8. The lowest BCUT2D eigenvalue weighted by atomic mass is 10.2. The van der Waals surface area contributed by atoms with Crippen LogP contribution in [0, 0.1) is 6.92 Å². The molecule has 6 nitrogen and oxygen atoms in total. The molecule has 0 fully saturated rings. The van der Waals surface area contributed by atoms with Crippen molar-refractivity contribution in [3.8, 4) is 11.5 Å². The maximum Gasteiger partial charge on any atom is 0.226 e. The Kier molecular flexibility index (Phi) is 5.41. The van der Waals surface area contributed by atoms with Crippen LogP contribution in [0.4, 0.5) is 11.4 Å². The zero-order chi connectivity index (χ0) is 18.5. The van der Waals surface area contributed by atoms with Crippen molar-refractivity contribution in [2.45, 2.75) is 20.3 Å². The fourth-order valence-corrected chi connectivity index (χ4v) is 2.82. The van der Waals surface area contributed by atoms with Gasteiger partial charge >= 0.3 is 0 Å². The summed E-state index contributed by atoms with van der Waals surface area (Å²) in [5.41, 5.74) is 2.50. The molecule has 1 aliphatic heterocycles. The summed E-state index contributed by atoms with van der Waals surface area (Å²) in [6, 6.07) is 13.0. The molecule has 2 amide bonds. The maximum atomic E-state index is 12.3. The van der Waals surface area contributed by atoms with E-state index in [9.17, 15) is 9.59 Å². The molecular weight excluding hydrogens is 332 g/mol. The van der Waals surface area contributed by atoms with Crippen molar-refractivity contribution in [1.29, 1.82) is 0 Å². The van der Waals surface area contributed by atoms with E-state index in [1.54, 1.807) is 23.1 Å². The quantitative estimate of drug-likeness (QED) is 0.896. The molecule has 0 spiro atoms. The number of carbonyl (C=O) groups excluding carboxylic acids is 2. The summed E-state index contributed by atoms with van der Waals surface area (Å²) in [5, 5.41) is 2.84. The lowest BCUT2D eigenvalue weighted by Crippen LogP contribution is -2.32. The fourth-order valence-electron chi connectivity index (χ4n) is 2.82. The highest BCUT2D eigenvalue weighted by Crippen LogP contribution is 2.32. The fraction of sp³-hybridized carbons (Fsp3) is 0.300. The molecule has 3 rings (SSSR count). The molecule has 0 atom stereocenters. The van der Waals surface area contributed by atoms with Gasteiger partial charge in [0.25, 0.3) is 0 Å². The number of rotatable bonds is 5. The normalized spacial score (nSPS) is 12.4. The van der Waals surface area contributed by atoms with E-state index in [4.69, 9.17) is 9.47 Å². The predicted octanol–water partition coefficient (Wildman–Crippen LogP) is 3.15. The number of anilines is 2. The first-order chi connectivity index (χ1) is 12.5. The molecular formula is C20H22N2O4. The van der Waals surface area contributed by atoms with Crippen molar-refractivity contribution < 1.29 is 19.1 Å². The Labute approximate surface area is 152 Å². The van der Waals surface area contributed by atoms with E-state index in [1.807, 2.05) is 31.2 Å². The third-order valence-corrected chi connectivity index (χ3v) is 4.08. The van der Waals surface area contributed by atoms with Gasteiger partial charge in [0.2, 0.25) is 11.8 Å². The number of hydrogen-bond acceptors (Lipinski definition) is 4. The van der Waals surface area contributed by atoms with Gasteiger partial charge in [0.15, 0.2) is 11.5 Å². The van der Waals surface area contributed by atoms with Crippen LogP contribution < -0.4 is 19.7 Å².